The van der Waals surface area contributed by atoms with Crippen molar-refractivity contribution in [3.8, 4) is 0 Å². The number of esters is 4. The quantitative estimate of drug-likeness (QED) is 0.0169. The number of carbonyl (C=O) groups excluding carboxylic acids is 4. The van der Waals surface area contributed by atoms with Crippen molar-refractivity contribution in [1.82, 2.24) is 0 Å². The Bertz CT molecular complexity index is 2960. The molecule has 5 atom stereocenters. The summed E-state index contributed by atoms with van der Waals surface area (Å²) in [7, 11) is -10.1. The van der Waals surface area contributed by atoms with Gasteiger partial charge in [-0.2, -0.15) is 0 Å². The molecule has 19 heteroatoms. The molecule has 604 valence electrons. The Hall–Kier alpha value is -6.88. The fourth-order valence-corrected chi connectivity index (χ4v) is 10.9. The van der Waals surface area contributed by atoms with Crippen LogP contribution in [0, 0.1) is 0 Å². The molecule has 0 aliphatic heterocycles. The molecule has 0 radical (unpaired) electrons. The first kappa shape index (κ1) is 101. The standard InChI is InChI=1S/C89H136O17P2/c1-5-9-13-17-21-25-29-33-37-40-41-44-47-50-54-58-62-66-70-74-87(92)100-79-84(105-88(93)75-71-67-63-59-55-51-45-36-32-28-24-20-16-12-8-4)81-103-107(95,96)101-77-83(90)78-102-108(97,98)104-82-85(106-89(94)76-72-68-64-60-56-52-48-43-39-35-31-27-23-19-15-11-7-3)80-99-86(91)73-69-65-61-57-53-49-46-42-38-34-30-26-22-18-14-10-6-2/h9-16,21-28,33-39,41,44-46,48-50,52,54-55,57,59,61,67,71,83-85,90H,5-8,17-20,29-32,40,42-43,47,51,53,56,58,60,62-66,68-70,72-82H2,1-4H3,(H,95,96)(H,97,98)/b13-9-,14-10-,15-11-,16-12-,25-21-,26-22-,27-23-,28-24-,37-33-,38-34-,39-35-,44-41-,45-36-,49-46-,52-48-,54-50-,59-55-,61-57-,71-67-. The van der Waals surface area contributed by atoms with E-state index in [0.29, 0.717) is 32.1 Å². The van der Waals surface area contributed by atoms with E-state index in [2.05, 4.69) is 222 Å². The molecule has 0 rings (SSSR count). The predicted octanol–water partition coefficient (Wildman–Crippen LogP) is 23.4. The number of rotatable bonds is 71. The lowest BCUT2D eigenvalue weighted by molar-refractivity contribution is -0.161. The molecule has 5 unspecified atom stereocenters. The van der Waals surface area contributed by atoms with Crippen molar-refractivity contribution in [2.24, 2.45) is 0 Å². The van der Waals surface area contributed by atoms with Crippen molar-refractivity contribution >= 4 is 39.5 Å². The maximum Gasteiger partial charge on any atom is 0.472 e. The second-order valence-corrected chi connectivity index (χ2v) is 28.0. The summed E-state index contributed by atoms with van der Waals surface area (Å²) in [5.41, 5.74) is 0. The van der Waals surface area contributed by atoms with E-state index >= 15 is 0 Å². The third-order valence-corrected chi connectivity index (χ3v) is 17.0. The lowest BCUT2D eigenvalue weighted by Crippen LogP contribution is -2.30. The van der Waals surface area contributed by atoms with Crippen molar-refractivity contribution in [3.63, 3.8) is 0 Å². The van der Waals surface area contributed by atoms with Crippen LogP contribution in [0.1, 0.15) is 246 Å². The molecule has 0 spiro atoms. The normalized spacial score (nSPS) is 15.1. The van der Waals surface area contributed by atoms with E-state index in [9.17, 15) is 43.2 Å². The van der Waals surface area contributed by atoms with Gasteiger partial charge in [-0.05, 0) is 173 Å². The first-order valence-electron chi connectivity index (χ1n) is 39.6. The molecular formula is C89H136O17P2. The van der Waals surface area contributed by atoms with Crippen LogP contribution in [0.4, 0.5) is 0 Å². The minimum absolute atomic E-state index is 0.0406. The highest BCUT2D eigenvalue weighted by Crippen LogP contribution is 2.45. The molecule has 0 heterocycles. The number of phosphoric ester groups is 2. The van der Waals surface area contributed by atoms with Gasteiger partial charge in [0.1, 0.15) is 19.3 Å². The van der Waals surface area contributed by atoms with Gasteiger partial charge in [0, 0.05) is 19.3 Å². The van der Waals surface area contributed by atoms with Crippen LogP contribution in [-0.4, -0.2) is 96.7 Å². The average molecular weight is 1540 g/mol. The molecule has 0 saturated carbocycles. The number of hydrogen-bond donors (Lipinski definition) is 3. The number of hydrogen-bond acceptors (Lipinski definition) is 15. The minimum Gasteiger partial charge on any atom is -0.462 e. The largest absolute Gasteiger partial charge is 0.472 e. The van der Waals surface area contributed by atoms with Crippen LogP contribution in [-0.2, 0) is 65.4 Å². The summed E-state index contributed by atoms with van der Waals surface area (Å²) in [6, 6.07) is 0. The Morgan fingerprint density at radius 2 is 0.500 bits per heavy atom. The average Bonchev–Trinajstić information content (AvgIpc) is 0.901. The zero-order chi connectivity index (χ0) is 78.9. The van der Waals surface area contributed by atoms with Gasteiger partial charge in [0.25, 0.3) is 0 Å². The monoisotopic (exact) mass is 1540 g/mol. The van der Waals surface area contributed by atoms with Crippen LogP contribution in [0.25, 0.3) is 0 Å². The third kappa shape index (κ3) is 77.3. The van der Waals surface area contributed by atoms with E-state index in [0.717, 1.165) is 161 Å². The van der Waals surface area contributed by atoms with Gasteiger partial charge in [-0.3, -0.25) is 37.3 Å². The van der Waals surface area contributed by atoms with Gasteiger partial charge < -0.3 is 33.8 Å². The molecule has 0 bridgehead atoms. The summed E-state index contributed by atoms with van der Waals surface area (Å²) >= 11 is 0. The molecule has 0 aromatic carbocycles. The number of carbonyl (C=O) groups is 4. The fraction of sp³-hybridized carbons (Fsp3) is 0.528. The molecule has 0 aliphatic rings. The van der Waals surface area contributed by atoms with E-state index in [1.165, 1.54) is 0 Å². The molecule has 0 saturated heterocycles. The molecule has 0 amide bonds. The number of allylic oxidation sites excluding steroid dienone is 37. The molecule has 0 aromatic heterocycles. The van der Waals surface area contributed by atoms with Crippen LogP contribution in [0.2, 0.25) is 0 Å². The second-order valence-electron chi connectivity index (χ2n) is 25.1. The number of aliphatic hydroxyl groups excluding tert-OH is 1. The van der Waals surface area contributed by atoms with Gasteiger partial charge in [0.05, 0.1) is 32.8 Å². The molecule has 3 N–H and O–H groups in total. The van der Waals surface area contributed by atoms with Crippen molar-refractivity contribution in [1.29, 1.82) is 0 Å². The van der Waals surface area contributed by atoms with Crippen LogP contribution >= 0.6 is 15.6 Å². The third-order valence-electron chi connectivity index (χ3n) is 15.1. The van der Waals surface area contributed by atoms with Crippen LogP contribution in [0.15, 0.2) is 231 Å². The van der Waals surface area contributed by atoms with Gasteiger partial charge in [0.2, 0.25) is 0 Å². The predicted molar refractivity (Wildman–Crippen MR) is 444 cm³/mol. The van der Waals surface area contributed by atoms with Gasteiger partial charge in [-0.15, -0.1) is 0 Å². The van der Waals surface area contributed by atoms with Crippen molar-refractivity contribution in [3.05, 3.63) is 231 Å². The first-order valence-corrected chi connectivity index (χ1v) is 42.6. The highest BCUT2D eigenvalue weighted by molar-refractivity contribution is 7.47. The summed E-state index contributed by atoms with van der Waals surface area (Å²) in [5, 5.41) is 10.6. The summed E-state index contributed by atoms with van der Waals surface area (Å²) in [5.74, 6) is -2.49. The van der Waals surface area contributed by atoms with E-state index in [1.807, 2.05) is 24.3 Å². The highest BCUT2D eigenvalue weighted by Gasteiger charge is 2.30. The topological polar surface area (TPSA) is 237 Å². The smallest absolute Gasteiger partial charge is 0.462 e. The number of aliphatic hydroxyl groups is 1. The van der Waals surface area contributed by atoms with Crippen LogP contribution < -0.4 is 0 Å². The lowest BCUT2D eigenvalue weighted by Gasteiger charge is -2.21. The molecule has 17 nitrogen and oxygen atoms in total. The summed E-state index contributed by atoms with van der Waals surface area (Å²) in [6.07, 6.45) is 101. The molecular weight excluding hydrogens is 1400 g/mol. The second kappa shape index (κ2) is 78.2. The number of ether oxygens (including phenoxy) is 4. The molecule has 0 aliphatic carbocycles. The summed E-state index contributed by atoms with van der Waals surface area (Å²) in [4.78, 5) is 73.0. The highest BCUT2D eigenvalue weighted by atomic mass is 31.2. The van der Waals surface area contributed by atoms with E-state index in [4.69, 9.17) is 37.0 Å². The summed E-state index contributed by atoms with van der Waals surface area (Å²) in [6.45, 7) is 4.12. The van der Waals surface area contributed by atoms with Crippen molar-refractivity contribution in [2.45, 2.75) is 264 Å². The van der Waals surface area contributed by atoms with E-state index in [-0.39, 0.29) is 25.7 Å². The SMILES string of the molecule is CC/C=C\C/C=C\C/C=C\C/C=C\C/C=C\CCCCCC(=O)OCC(COP(=O)(O)OCC(O)COP(=O)(O)OCC(COC(=O)CCC/C=C\C/C=C\C/C=C\C/C=C\C/C=C\CC)OC(=O)CCCCCC/C=C\C/C=C\C/C=C\C/C=C\CC)OC(=O)C/C=C\C/C=C\C/C=C\C/C=C\C/C=C\CC. The molecule has 0 aromatic rings. The summed E-state index contributed by atoms with van der Waals surface area (Å²) < 4.78 is 68.4. The zero-order valence-electron chi connectivity index (χ0n) is 65.9. The first-order chi connectivity index (χ1) is 52.7. The van der Waals surface area contributed by atoms with Gasteiger partial charge in [0.15, 0.2) is 12.2 Å². The Kier molecular flexibility index (Phi) is 73.3. The Balaban J connectivity index is 5.58. The van der Waals surface area contributed by atoms with E-state index < -0.39 is 97.5 Å². The Morgan fingerprint density at radius 1 is 0.269 bits per heavy atom. The Morgan fingerprint density at radius 3 is 0.815 bits per heavy atom. The number of unbranched alkanes of at least 4 members (excludes halogenated alkanes) is 8. The molecule has 108 heavy (non-hydrogen) atoms. The maximum absolute atomic E-state index is 13.1. The lowest BCUT2D eigenvalue weighted by atomic mass is 10.1. The van der Waals surface area contributed by atoms with Crippen molar-refractivity contribution in [2.75, 3.05) is 39.6 Å². The fourth-order valence-electron chi connectivity index (χ4n) is 9.29. The minimum atomic E-state index is -5.03. The number of phosphoric acid groups is 2. The van der Waals surface area contributed by atoms with Gasteiger partial charge in [-0.1, -0.05) is 278 Å². The zero-order valence-corrected chi connectivity index (χ0v) is 67.7. The molecule has 0 fully saturated rings. The van der Waals surface area contributed by atoms with Crippen molar-refractivity contribution < 1.29 is 80.2 Å². The van der Waals surface area contributed by atoms with Gasteiger partial charge in [-0.25, -0.2) is 9.13 Å². The van der Waals surface area contributed by atoms with Crippen LogP contribution in [0.3, 0.4) is 0 Å². The van der Waals surface area contributed by atoms with Crippen LogP contribution in [0.5, 0.6) is 0 Å². The van der Waals surface area contributed by atoms with Gasteiger partial charge >= 0.3 is 39.5 Å². The maximum atomic E-state index is 13.1. The van der Waals surface area contributed by atoms with E-state index in [1.54, 1.807) is 12.2 Å². The Labute approximate surface area is 651 Å².